The minimum Gasteiger partial charge on any atom is -0.252 e. The monoisotopic (exact) mass is 240 g/mol. The maximum atomic E-state index is 11.9. The Morgan fingerprint density at radius 2 is 2.33 bits per heavy atom. The van der Waals surface area contributed by atoms with Gasteiger partial charge in [-0.1, -0.05) is 13.8 Å². The smallest absolute Gasteiger partial charge is 0.183 e. The minimum absolute atomic E-state index is 0.422. The molecule has 2 rings (SSSR count). The Hall–Kier alpha value is -0.810. The highest BCUT2D eigenvalue weighted by Gasteiger charge is 2.12. The van der Waals surface area contributed by atoms with E-state index < -0.39 is 10.8 Å². The molecule has 0 N–H and O–H groups in total. The molecule has 2 heterocycles. The molecule has 1 atom stereocenters. The molecule has 80 valence electrons. The van der Waals surface area contributed by atoms with E-state index in [4.69, 9.17) is 0 Å². The van der Waals surface area contributed by atoms with Crippen LogP contribution in [0.15, 0.2) is 22.7 Å². The van der Waals surface area contributed by atoms with Crippen molar-refractivity contribution in [1.29, 1.82) is 0 Å². The van der Waals surface area contributed by atoms with E-state index in [9.17, 15) is 4.21 Å². The van der Waals surface area contributed by atoms with Crippen LogP contribution in [0.1, 0.15) is 13.8 Å². The molecule has 0 radical (unpaired) electrons. The summed E-state index contributed by atoms with van der Waals surface area (Å²) >= 11 is 1.47. The molecule has 0 saturated heterocycles. The van der Waals surface area contributed by atoms with Crippen molar-refractivity contribution in [1.82, 2.24) is 9.97 Å². The van der Waals surface area contributed by atoms with Crippen molar-refractivity contribution in [2.24, 2.45) is 5.92 Å². The molecule has 0 aromatic carbocycles. The standard InChI is InChI=1S/C10H12N2OS2/c1-7(2)6-15(13)10-12-9-8(14-10)4-3-5-11-9/h3-5,7H,6H2,1-2H3. The molecule has 1 unspecified atom stereocenters. The summed E-state index contributed by atoms with van der Waals surface area (Å²) in [5.41, 5.74) is 0.703. The Kier molecular flexibility index (Phi) is 3.11. The first-order valence-electron chi connectivity index (χ1n) is 4.77. The van der Waals surface area contributed by atoms with Crippen LogP contribution in [-0.2, 0) is 10.8 Å². The number of fused-ring (bicyclic) bond motifs is 1. The lowest BCUT2D eigenvalue weighted by molar-refractivity contribution is 0.664. The molecule has 0 spiro atoms. The second-order valence-electron chi connectivity index (χ2n) is 3.71. The number of aromatic nitrogens is 2. The fourth-order valence-corrected chi connectivity index (χ4v) is 3.66. The number of rotatable bonds is 3. The number of pyridine rings is 1. The lowest BCUT2D eigenvalue weighted by Crippen LogP contribution is -2.04. The fourth-order valence-electron chi connectivity index (χ4n) is 1.22. The number of hydrogen-bond donors (Lipinski definition) is 0. The van der Waals surface area contributed by atoms with Crippen LogP contribution in [0.4, 0.5) is 0 Å². The van der Waals surface area contributed by atoms with Crippen LogP contribution in [0, 0.1) is 5.92 Å². The van der Waals surface area contributed by atoms with Gasteiger partial charge in [-0.3, -0.25) is 4.21 Å². The van der Waals surface area contributed by atoms with E-state index in [0.29, 0.717) is 21.7 Å². The Morgan fingerprint density at radius 1 is 1.53 bits per heavy atom. The highest BCUT2D eigenvalue weighted by Crippen LogP contribution is 2.23. The highest BCUT2D eigenvalue weighted by molar-refractivity contribution is 7.87. The number of thiazole rings is 1. The van der Waals surface area contributed by atoms with Crippen molar-refractivity contribution in [3.63, 3.8) is 0 Å². The molecule has 3 nitrogen and oxygen atoms in total. The van der Waals surface area contributed by atoms with E-state index in [1.165, 1.54) is 11.3 Å². The molecule has 15 heavy (non-hydrogen) atoms. The molecule has 2 aromatic rings. The van der Waals surface area contributed by atoms with Crippen LogP contribution in [0.3, 0.4) is 0 Å². The van der Waals surface area contributed by atoms with Crippen LogP contribution < -0.4 is 0 Å². The largest absolute Gasteiger partial charge is 0.252 e. The van der Waals surface area contributed by atoms with Crippen LogP contribution >= 0.6 is 11.3 Å². The molecule has 0 fully saturated rings. The van der Waals surface area contributed by atoms with Gasteiger partial charge in [-0.2, -0.15) is 0 Å². The predicted octanol–water partition coefficient (Wildman–Crippen LogP) is 2.45. The van der Waals surface area contributed by atoms with Gasteiger partial charge < -0.3 is 0 Å². The summed E-state index contributed by atoms with van der Waals surface area (Å²) in [5, 5.41) is 0. The zero-order chi connectivity index (χ0) is 10.8. The molecule has 0 aliphatic heterocycles. The maximum absolute atomic E-state index is 11.9. The Morgan fingerprint density at radius 3 is 3.00 bits per heavy atom. The zero-order valence-electron chi connectivity index (χ0n) is 8.64. The van der Waals surface area contributed by atoms with Crippen molar-refractivity contribution in [2.75, 3.05) is 5.75 Å². The fraction of sp³-hybridized carbons (Fsp3) is 0.400. The summed E-state index contributed by atoms with van der Waals surface area (Å²) in [6, 6.07) is 3.83. The van der Waals surface area contributed by atoms with Gasteiger partial charge in [-0.15, -0.1) is 11.3 Å². The summed E-state index contributed by atoms with van der Waals surface area (Å²) in [6.45, 7) is 4.12. The summed E-state index contributed by atoms with van der Waals surface area (Å²) < 4.78 is 13.6. The third kappa shape index (κ3) is 2.41. The minimum atomic E-state index is -0.979. The summed E-state index contributed by atoms with van der Waals surface area (Å²) in [4.78, 5) is 8.40. The maximum Gasteiger partial charge on any atom is 0.183 e. The molecule has 0 aliphatic carbocycles. The third-order valence-electron chi connectivity index (χ3n) is 1.82. The van der Waals surface area contributed by atoms with Gasteiger partial charge in [0, 0.05) is 11.9 Å². The predicted molar refractivity (Wildman–Crippen MR) is 63.5 cm³/mol. The molecule has 5 heteroatoms. The van der Waals surface area contributed by atoms with Crippen molar-refractivity contribution in [3.8, 4) is 0 Å². The molecular formula is C10H12N2OS2. The van der Waals surface area contributed by atoms with Crippen LogP contribution in [0.5, 0.6) is 0 Å². The molecule has 0 saturated carbocycles. The van der Waals surface area contributed by atoms with Crippen molar-refractivity contribution in [3.05, 3.63) is 18.3 Å². The normalized spacial score (nSPS) is 13.5. The SMILES string of the molecule is CC(C)CS(=O)c1nc2ncccc2s1. The van der Waals surface area contributed by atoms with Crippen LogP contribution in [-0.4, -0.2) is 19.9 Å². The molecule has 0 amide bonds. The Bertz CT molecular complexity index is 460. The van der Waals surface area contributed by atoms with E-state index in [1.807, 2.05) is 12.1 Å². The molecular weight excluding hydrogens is 228 g/mol. The third-order valence-corrected chi connectivity index (χ3v) is 4.89. The Labute approximate surface area is 95.0 Å². The van der Waals surface area contributed by atoms with Gasteiger partial charge in [0.2, 0.25) is 0 Å². The first-order valence-corrected chi connectivity index (χ1v) is 6.90. The van der Waals surface area contributed by atoms with Crippen molar-refractivity contribution >= 4 is 32.5 Å². The van der Waals surface area contributed by atoms with Gasteiger partial charge in [-0.25, -0.2) is 9.97 Å². The van der Waals surface area contributed by atoms with Gasteiger partial charge >= 0.3 is 0 Å². The molecule has 0 aliphatic rings. The quantitative estimate of drug-likeness (QED) is 0.827. The van der Waals surface area contributed by atoms with Gasteiger partial charge in [-0.05, 0) is 18.1 Å². The lowest BCUT2D eigenvalue weighted by atomic mass is 10.3. The van der Waals surface area contributed by atoms with Gasteiger partial charge in [0.05, 0.1) is 15.5 Å². The van der Waals surface area contributed by atoms with Gasteiger partial charge in [0.1, 0.15) is 0 Å². The second kappa shape index (κ2) is 4.37. The molecule has 2 aromatic heterocycles. The van der Waals surface area contributed by atoms with E-state index in [2.05, 4.69) is 23.8 Å². The summed E-state index contributed by atoms with van der Waals surface area (Å²) in [6.07, 6.45) is 1.71. The highest BCUT2D eigenvalue weighted by atomic mass is 32.2. The average Bonchev–Trinajstić information content (AvgIpc) is 2.59. The Balaban J connectivity index is 2.32. The second-order valence-corrected chi connectivity index (χ2v) is 6.41. The van der Waals surface area contributed by atoms with Crippen molar-refractivity contribution in [2.45, 2.75) is 18.2 Å². The summed E-state index contributed by atoms with van der Waals surface area (Å²) in [7, 11) is -0.979. The van der Waals surface area contributed by atoms with Gasteiger partial charge in [0.15, 0.2) is 9.99 Å². The summed E-state index contributed by atoms with van der Waals surface area (Å²) in [5.74, 6) is 1.09. The number of hydrogen-bond acceptors (Lipinski definition) is 4. The zero-order valence-corrected chi connectivity index (χ0v) is 10.3. The first kappa shape index (κ1) is 10.7. The van der Waals surface area contributed by atoms with E-state index >= 15 is 0 Å². The first-order chi connectivity index (χ1) is 7.16. The van der Waals surface area contributed by atoms with E-state index in [1.54, 1.807) is 6.20 Å². The van der Waals surface area contributed by atoms with Crippen LogP contribution in [0.2, 0.25) is 0 Å². The van der Waals surface area contributed by atoms with Crippen LogP contribution in [0.25, 0.3) is 10.3 Å². The topological polar surface area (TPSA) is 42.9 Å². The lowest BCUT2D eigenvalue weighted by Gasteiger charge is -2.00. The van der Waals surface area contributed by atoms with Crippen molar-refractivity contribution < 1.29 is 4.21 Å². The van der Waals surface area contributed by atoms with E-state index in [-0.39, 0.29) is 0 Å². The molecule has 0 bridgehead atoms. The average molecular weight is 240 g/mol. The number of nitrogens with zero attached hydrogens (tertiary/aromatic N) is 2. The van der Waals surface area contributed by atoms with E-state index in [0.717, 1.165) is 4.70 Å². The van der Waals surface area contributed by atoms with Gasteiger partial charge in [0.25, 0.3) is 0 Å².